The van der Waals surface area contributed by atoms with Gasteiger partial charge in [0.2, 0.25) is 0 Å². The summed E-state index contributed by atoms with van der Waals surface area (Å²) < 4.78 is 5.47. The van der Waals surface area contributed by atoms with Gasteiger partial charge in [-0.15, -0.1) is 0 Å². The fourth-order valence-corrected chi connectivity index (χ4v) is 1.35. The second-order valence-electron chi connectivity index (χ2n) is 4.29. The van der Waals surface area contributed by atoms with Gasteiger partial charge >= 0.3 is 0 Å². The molecule has 1 heterocycles. The molecular weight excluding hydrogens is 200 g/mol. The van der Waals surface area contributed by atoms with Crippen LogP contribution in [0.3, 0.4) is 0 Å². The molecule has 0 aromatic carbocycles. The third kappa shape index (κ3) is 6.53. The van der Waals surface area contributed by atoms with Gasteiger partial charge in [-0.2, -0.15) is 0 Å². The highest BCUT2D eigenvalue weighted by molar-refractivity contribution is 5.03. The van der Waals surface area contributed by atoms with Crippen LogP contribution in [0.1, 0.15) is 19.5 Å². The standard InChI is InChI=1S/C13H22N2O/c1-12(2)11-16-10-9-14-8-6-13-5-3-4-7-15-13/h3-5,7,12,14H,6,8-11H2,1-2H3. The van der Waals surface area contributed by atoms with Crippen molar-refractivity contribution in [1.29, 1.82) is 0 Å². The second kappa shape index (κ2) is 8.25. The predicted octanol–water partition coefficient (Wildman–Crippen LogP) is 1.89. The molecule has 0 aliphatic heterocycles. The summed E-state index contributed by atoms with van der Waals surface area (Å²) in [7, 11) is 0. The fraction of sp³-hybridized carbons (Fsp3) is 0.615. The Bertz CT molecular complexity index is 262. The first-order chi connectivity index (χ1) is 7.79. The summed E-state index contributed by atoms with van der Waals surface area (Å²) in [6.07, 6.45) is 2.81. The summed E-state index contributed by atoms with van der Waals surface area (Å²) in [6.45, 7) is 7.84. The lowest BCUT2D eigenvalue weighted by Gasteiger charge is -2.07. The highest BCUT2D eigenvalue weighted by atomic mass is 16.5. The van der Waals surface area contributed by atoms with Gasteiger partial charge in [0.25, 0.3) is 0 Å². The van der Waals surface area contributed by atoms with Crippen molar-refractivity contribution in [2.24, 2.45) is 5.92 Å². The van der Waals surface area contributed by atoms with Gasteiger partial charge in [0.05, 0.1) is 6.61 Å². The lowest BCUT2D eigenvalue weighted by molar-refractivity contribution is 0.112. The molecule has 0 saturated carbocycles. The Morgan fingerprint density at radius 1 is 1.31 bits per heavy atom. The van der Waals surface area contributed by atoms with Gasteiger partial charge in [-0.25, -0.2) is 0 Å². The van der Waals surface area contributed by atoms with E-state index in [9.17, 15) is 0 Å². The molecule has 1 aromatic rings. The molecule has 0 bridgehead atoms. The van der Waals surface area contributed by atoms with E-state index in [1.54, 1.807) is 0 Å². The molecule has 3 heteroatoms. The van der Waals surface area contributed by atoms with Crippen molar-refractivity contribution < 1.29 is 4.74 Å². The summed E-state index contributed by atoms with van der Waals surface area (Å²) >= 11 is 0. The number of nitrogens with one attached hydrogen (secondary N) is 1. The van der Waals surface area contributed by atoms with Crippen molar-refractivity contribution in [2.75, 3.05) is 26.3 Å². The quantitative estimate of drug-likeness (QED) is 0.682. The molecule has 0 radical (unpaired) electrons. The minimum absolute atomic E-state index is 0.619. The van der Waals surface area contributed by atoms with E-state index in [2.05, 4.69) is 30.2 Å². The molecule has 0 saturated heterocycles. The van der Waals surface area contributed by atoms with Gasteiger partial charge in [-0.3, -0.25) is 4.98 Å². The van der Waals surface area contributed by atoms with Crippen LogP contribution < -0.4 is 5.32 Å². The van der Waals surface area contributed by atoms with Crippen LogP contribution in [0.5, 0.6) is 0 Å². The minimum Gasteiger partial charge on any atom is -0.380 e. The van der Waals surface area contributed by atoms with Gasteiger partial charge in [-0.1, -0.05) is 19.9 Å². The van der Waals surface area contributed by atoms with Crippen molar-refractivity contribution >= 4 is 0 Å². The molecule has 1 aromatic heterocycles. The van der Waals surface area contributed by atoms with E-state index in [-0.39, 0.29) is 0 Å². The Kier molecular flexibility index (Phi) is 6.77. The monoisotopic (exact) mass is 222 g/mol. The van der Waals surface area contributed by atoms with E-state index in [0.29, 0.717) is 5.92 Å². The van der Waals surface area contributed by atoms with Crippen LogP contribution in [0.15, 0.2) is 24.4 Å². The zero-order chi connectivity index (χ0) is 11.6. The van der Waals surface area contributed by atoms with E-state index in [1.807, 2.05) is 18.3 Å². The SMILES string of the molecule is CC(C)COCCNCCc1ccccn1. The number of ether oxygens (including phenoxy) is 1. The number of hydrogen-bond acceptors (Lipinski definition) is 3. The Hall–Kier alpha value is -0.930. The van der Waals surface area contributed by atoms with Gasteiger partial charge in [-0.05, 0) is 18.1 Å². The topological polar surface area (TPSA) is 34.1 Å². The fourth-order valence-electron chi connectivity index (χ4n) is 1.35. The lowest BCUT2D eigenvalue weighted by Crippen LogP contribution is -2.23. The van der Waals surface area contributed by atoms with Crippen LogP contribution in [0.4, 0.5) is 0 Å². The van der Waals surface area contributed by atoms with Crippen molar-refractivity contribution in [3.05, 3.63) is 30.1 Å². The molecule has 1 N–H and O–H groups in total. The Labute approximate surface area is 98.2 Å². The van der Waals surface area contributed by atoms with Crippen LogP contribution in [0, 0.1) is 5.92 Å². The first-order valence-corrected chi connectivity index (χ1v) is 5.97. The van der Waals surface area contributed by atoms with Crippen LogP contribution >= 0.6 is 0 Å². The summed E-state index contributed by atoms with van der Waals surface area (Å²) in [5.41, 5.74) is 1.14. The highest BCUT2D eigenvalue weighted by Crippen LogP contribution is 1.93. The number of rotatable bonds is 8. The average Bonchev–Trinajstić information content (AvgIpc) is 2.29. The van der Waals surface area contributed by atoms with Crippen LogP contribution in [-0.4, -0.2) is 31.3 Å². The van der Waals surface area contributed by atoms with Gasteiger partial charge in [0.15, 0.2) is 0 Å². The maximum absolute atomic E-state index is 5.47. The summed E-state index contributed by atoms with van der Waals surface area (Å²) in [5.74, 6) is 0.619. The van der Waals surface area contributed by atoms with Crippen molar-refractivity contribution in [3.63, 3.8) is 0 Å². The highest BCUT2D eigenvalue weighted by Gasteiger charge is 1.94. The first-order valence-electron chi connectivity index (χ1n) is 5.97. The number of nitrogens with zero attached hydrogens (tertiary/aromatic N) is 1. The molecule has 0 aliphatic carbocycles. The number of aromatic nitrogens is 1. The van der Waals surface area contributed by atoms with Crippen LogP contribution in [0.2, 0.25) is 0 Å². The van der Waals surface area contributed by atoms with E-state index >= 15 is 0 Å². The Balaban J connectivity index is 1.93. The first kappa shape index (κ1) is 13.1. The molecule has 90 valence electrons. The largest absolute Gasteiger partial charge is 0.380 e. The van der Waals surface area contributed by atoms with Crippen molar-refractivity contribution in [2.45, 2.75) is 20.3 Å². The maximum Gasteiger partial charge on any atom is 0.0591 e. The Morgan fingerprint density at radius 3 is 2.88 bits per heavy atom. The number of hydrogen-bond donors (Lipinski definition) is 1. The molecule has 0 spiro atoms. The summed E-state index contributed by atoms with van der Waals surface area (Å²) in [4.78, 5) is 4.26. The van der Waals surface area contributed by atoms with Gasteiger partial charge in [0, 0.05) is 38.0 Å². The zero-order valence-corrected chi connectivity index (χ0v) is 10.3. The van der Waals surface area contributed by atoms with E-state index in [4.69, 9.17) is 4.74 Å². The molecule has 0 amide bonds. The number of pyridine rings is 1. The molecule has 0 atom stereocenters. The van der Waals surface area contributed by atoms with Crippen LogP contribution in [0.25, 0.3) is 0 Å². The third-order valence-corrected chi connectivity index (χ3v) is 2.16. The van der Waals surface area contributed by atoms with Crippen molar-refractivity contribution in [3.8, 4) is 0 Å². The molecule has 1 rings (SSSR count). The van der Waals surface area contributed by atoms with Gasteiger partial charge in [0.1, 0.15) is 0 Å². The van der Waals surface area contributed by atoms with E-state index in [1.165, 1.54) is 0 Å². The zero-order valence-electron chi connectivity index (χ0n) is 10.3. The third-order valence-electron chi connectivity index (χ3n) is 2.16. The molecule has 16 heavy (non-hydrogen) atoms. The van der Waals surface area contributed by atoms with E-state index in [0.717, 1.165) is 38.4 Å². The minimum atomic E-state index is 0.619. The molecule has 3 nitrogen and oxygen atoms in total. The Morgan fingerprint density at radius 2 is 2.19 bits per heavy atom. The van der Waals surface area contributed by atoms with Crippen LogP contribution in [-0.2, 0) is 11.2 Å². The van der Waals surface area contributed by atoms with E-state index < -0.39 is 0 Å². The maximum atomic E-state index is 5.47. The van der Waals surface area contributed by atoms with Gasteiger partial charge < -0.3 is 10.1 Å². The van der Waals surface area contributed by atoms with Crippen molar-refractivity contribution in [1.82, 2.24) is 10.3 Å². The lowest BCUT2D eigenvalue weighted by atomic mass is 10.2. The molecular formula is C13H22N2O. The normalized spacial score (nSPS) is 10.9. The average molecular weight is 222 g/mol. The predicted molar refractivity (Wildman–Crippen MR) is 66.5 cm³/mol. The smallest absolute Gasteiger partial charge is 0.0591 e. The molecule has 0 aliphatic rings. The summed E-state index contributed by atoms with van der Waals surface area (Å²) in [5, 5.41) is 3.34. The molecule has 0 fully saturated rings. The summed E-state index contributed by atoms with van der Waals surface area (Å²) in [6, 6.07) is 6.02. The molecule has 0 unspecified atom stereocenters. The second-order valence-corrected chi connectivity index (χ2v) is 4.29.